The number of rotatable bonds is 3. The molecule has 0 heterocycles. The second-order valence-electron chi connectivity index (χ2n) is 3.43. The number of hydrogen-bond acceptors (Lipinski definition) is 1. The smallest absolute Gasteiger partial charge is 0.185 e. The van der Waals surface area contributed by atoms with Gasteiger partial charge in [-0.3, -0.25) is 4.99 Å². The summed E-state index contributed by atoms with van der Waals surface area (Å²) in [5, 5.41) is 0. The van der Waals surface area contributed by atoms with Crippen molar-refractivity contribution in [3.8, 4) is 0 Å². The van der Waals surface area contributed by atoms with Crippen molar-refractivity contribution in [1.82, 2.24) is 0 Å². The molecule has 0 amide bonds. The Bertz CT molecular complexity index is 318. The fourth-order valence-electron chi connectivity index (χ4n) is 1.54. The van der Waals surface area contributed by atoms with Crippen LogP contribution in [0.15, 0.2) is 23.2 Å². The predicted molar refractivity (Wildman–Crippen MR) is 60.3 cm³/mol. The minimum absolute atomic E-state index is 0.163. The van der Waals surface area contributed by atoms with Crippen LogP contribution in [0.25, 0.3) is 0 Å². The Morgan fingerprint density at radius 3 is 2.29 bits per heavy atom. The number of benzene rings is 1. The van der Waals surface area contributed by atoms with E-state index in [1.807, 2.05) is 0 Å². The quantitative estimate of drug-likeness (QED) is 0.555. The van der Waals surface area contributed by atoms with E-state index in [1.165, 1.54) is 16.7 Å². The van der Waals surface area contributed by atoms with Gasteiger partial charge in [0.25, 0.3) is 0 Å². The highest BCUT2D eigenvalue weighted by atomic mass is 15.0. The van der Waals surface area contributed by atoms with E-state index < -0.39 is 0 Å². The monoisotopic (exact) mass is 191 g/mol. The Labute approximate surface area is 84.8 Å². The minimum Gasteiger partial charge on any atom is -0.370 e. The van der Waals surface area contributed by atoms with Gasteiger partial charge in [0.2, 0.25) is 0 Å². The third-order valence-corrected chi connectivity index (χ3v) is 2.30. The van der Waals surface area contributed by atoms with Gasteiger partial charge in [-0.05, 0) is 37.0 Å². The highest BCUT2D eigenvalue weighted by molar-refractivity contribution is 5.75. The van der Waals surface area contributed by atoms with E-state index >= 15 is 0 Å². The second-order valence-corrected chi connectivity index (χ2v) is 3.43. The van der Waals surface area contributed by atoms with E-state index in [-0.39, 0.29) is 5.96 Å². The summed E-state index contributed by atoms with van der Waals surface area (Å²) in [6.45, 7) is 4.88. The van der Waals surface area contributed by atoms with Gasteiger partial charge in [-0.15, -0.1) is 0 Å². The summed E-state index contributed by atoms with van der Waals surface area (Å²) < 4.78 is 0. The summed E-state index contributed by atoms with van der Waals surface area (Å²) in [5.74, 6) is 0.163. The van der Waals surface area contributed by atoms with Gasteiger partial charge in [-0.25, -0.2) is 0 Å². The molecule has 0 atom stereocenters. The molecule has 0 aliphatic rings. The summed E-state index contributed by atoms with van der Waals surface area (Å²) in [6.07, 6.45) is 0.899. The Kier molecular flexibility index (Phi) is 3.51. The molecule has 1 rings (SSSR count). The van der Waals surface area contributed by atoms with Crippen LogP contribution in [0.1, 0.15) is 16.7 Å². The summed E-state index contributed by atoms with van der Waals surface area (Å²) in [6, 6.07) is 6.28. The average Bonchev–Trinajstić information content (AvgIpc) is 2.09. The number of aryl methyl sites for hydroxylation is 2. The molecule has 0 bridgehead atoms. The lowest BCUT2D eigenvalue weighted by Gasteiger charge is -2.07. The molecule has 0 fully saturated rings. The third-order valence-electron chi connectivity index (χ3n) is 2.30. The van der Waals surface area contributed by atoms with E-state index in [9.17, 15) is 0 Å². The lowest BCUT2D eigenvalue weighted by molar-refractivity contribution is 0.941. The van der Waals surface area contributed by atoms with Crippen LogP contribution in [0.4, 0.5) is 0 Å². The maximum absolute atomic E-state index is 5.26. The van der Waals surface area contributed by atoms with Gasteiger partial charge in [0.1, 0.15) is 0 Å². The highest BCUT2D eigenvalue weighted by Gasteiger charge is 2.00. The summed E-state index contributed by atoms with van der Waals surface area (Å²) in [7, 11) is 0. The van der Waals surface area contributed by atoms with Crippen molar-refractivity contribution < 1.29 is 0 Å². The number of nitrogens with two attached hydrogens (primary N) is 2. The molecule has 4 N–H and O–H groups in total. The molecule has 0 aliphatic carbocycles. The topological polar surface area (TPSA) is 64.4 Å². The Morgan fingerprint density at radius 2 is 1.79 bits per heavy atom. The van der Waals surface area contributed by atoms with Crippen molar-refractivity contribution in [3.05, 3.63) is 34.9 Å². The van der Waals surface area contributed by atoms with Crippen LogP contribution in [0.2, 0.25) is 0 Å². The first kappa shape index (κ1) is 10.6. The number of nitrogens with zero attached hydrogens (tertiary/aromatic N) is 1. The highest BCUT2D eigenvalue weighted by Crippen LogP contribution is 2.13. The molecule has 0 saturated heterocycles. The van der Waals surface area contributed by atoms with Gasteiger partial charge in [0.05, 0.1) is 0 Å². The first-order valence-corrected chi connectivity index (χ1v) is 4.71. The summed E-state index contributed by atoms with van der Waals surface area (Å²) >= 11 is 0. The van der Waals surface area contributed by atoms with Crippen molar-refractivity contribution in [3.63, 3.8) is 0 Å². The minimum atomic E-state index is 0.163. The number of guanidine groups is 1. The lowest BCUT2D eigenvalue weighted by Crippen LogP contribution is -2.23. The average molecular weight is 191 g/mol. The van der Waals surface area contributed by atoms with Gasteiger partial charge in [-0.2, -0.15) is 0 Å². The summed E-state index contributed by atoms with van der Waals surface area (Å²) in [5.41, 5.74) is 14.5. The molecule has 0 spiro atoms. The standard InChI is InChI=1S/C11H17N3/c1-8-4-3-5-9(2)10(8)6-7-14-11(12)13/h3-5H,6-7H2,1-2H3,(H4,12,13,14). The van der Waals surface area contributed by atoms with Crippen LogP contribution >= 0.6 is 0 Å². The van der Waals surface area contributed by atoms with Crippen molar-refractivity contribution in [2.75, 3.05) is 6.54 Å². The first-order valence-electron chi connectivity index (χ1n) is 4.71. The van der Waals surface area contributed by atoms with Crippen molar-refractivity contribution >= 4 is 5.96 Å². The van der Waals surface area contributed by atoms with Gasteiger partial charge in [0.15, 0.2) is 5.96 Å². The van der Waals surface area contributed by atoms with Crippen LogP contribution in [0.3, 0.4) is 0 Å². The largest absolute Gasteiger partial charge is 0.370 e. The van der Waals surface area contributed by atoms with Gasteiger partial charge >= 0.3 is 0 Å². The van der Waals surface area contributed by atoms with Crippen LogP contribution in [-0.2, 0) is 6.42 Å². The second kappa shape index (κ2) is 4.65. The van der Waals surface area contributed by atoms with Crippen molar-refractivity contribution in [1.29, 1.82) is 0 Å². The molecular weight excluding hydrogens is 174 g/mol. The SMILES string of the molecule is Cc1cccc(C)c1CCN=C(N)N. The number of aliphatic imine (C=N–C) groups is 1. The molecular formula is C11H17N3. The summed E-state index contributed by atoms with van der Waals surface area (Å²) in [4.78, 5) is 3.97. The fourth-order valence-corrected chi connectivity index (χ4v) is 1.54. The Balaban J connectivity index is 2.71. The van der Waals surface area contributed by atoms with E-state index in [1.54, 1.807) is 0 Å². The molecule has 0 saturated carbocycles. The molecule has 76 valence electrons. The Morgan fingerprint density at radius 1 is 1.21 bits per heavy atom. The Hall–Kier alpha value is -1.51. The molecule has 0 aromatic heterocycles. The van der Waals surface area contributed by atoms with Crippen LogP contribution < -0.4 is 11.5 Å². The molecule has 0 unspecified atom stereocenters. The van der Waals surface area contributed by atoms with E-state index in [2.05, 4.69) is 37.0 Å². The zero-order valence-corrected chi connectivity index (χ0v) is 8.75. The number of hydrogen-bond donors (Lipinski definition) is 2. The van der Waals surface area contributed by atoms with Gasteiger partial charge < -0.3 is 11.5 Å². The van der Waals surface area contributed by atoms with Crippen molar-refractivity contribution in [2.24, 2.45) is 16.5 Å². The van der Waals surface area contributed by atoms with Crippen LogP contribution in [-0.4, -0.2) is 12.5 Å². The zero-order chi connectivity index (χ0) is 10.6. The van der Waals surface area contributed by atoms with Gasteiger partial charge in [0, 0.05) is 6.54 Å². The van der Waals surface area contributed by atoms with Gasteiger partial charge in [-0.1, -0.05) is 18.2 Å². The van der Waals surface area contributed by atoms with E-state index in [0.29, 0.717) is 6.54 Å². The lowest BCUT2D eigenvalue weighted by atomic mass is 10.0. The molecule has 3 nitrogen and oxygen atoms in total. The molecule has 1 aromatic rings. The predicted octanol–water partition coefficient (Wildman–Crippen LogP) is 1.12. The molecule has 1 aromatic carbocycles. The first-order chi connectivity index (χ1) is 6.61. The maximum atomic E-state index is 5.26. The molecule has 0 aliphatic heterocycles. The fraction of sp³-hybridized carbons (Fsp3) is 0.364. The van der Waals surface area contributed by atoms with Crippen molar-refractivity contribution in [2.45, 2.75) is 20.3 Å². The third kappa shape index (κ3) is 2.76. The van der Waals surface area contributed by atoms with Crippen LogP contribution in [0, 0.1) is 13.8 Å². The van der Waals surface area contributed by atoms with E-state index in [4.69, 9.17) is 11.5 Å². The maximum Gasteiger partial charge on any atom is 0.185 e. The normalized spacial score (nSPS) is 9.86. The van der Waals surface area contributed by atoms with E-state index in [0.717, 1.165) is 6.42 Å². The molecule has 0 radical (unpaired) electrons. The zero-order valence-electron chi connectivity index (χ0n) is 8.75. The molecule has 14 heavy (non-hydrogen) atoms. The van der Waals surface area contributed by atoms with Crippen LogP contribution in [0.5, 0.6) is 0 Å². The molecule has 3 heteroatoms.